The number of rotatable bonds is 3. The van der Waals surface area contributed by atoms with E-state index in [9.17, 15) is 0 Å². The number of pyridine rings is 1. The number of nitrogens with zero attached hydrogens (tertiary/aromatic N) is 3. The third-order valence-electron chi connectivity index (χ3n) is 7.54. The number of aryl methyl sites for hydroxylation is 1. The van der Waals surface area contributed by atoms with Crippen LogP contribution in [0.2, 0.25) is 0 Å². The molecule has 0 amide bonds. The van der Waals surface area contributed by atoms with Crippen molar-refractivity contribution < 1.29 is 4.42 Å². The van der Waals surface area contributed by atoms with E-state index in [0.29, 0.717) is 5.65 Å². The molecule has 3 heterocycles. The predicted octanol–water partition coefficient (Wildman–Crippen LogP) is 9.12. The molecule has 184 valence electrons. The summed E-state index contributed by atoms with van der Waals surface area (Å²) in [7, 11) is 0. The Bertz CT molecular complexity index is 2170. The van der Waals surface area contributed by atoms with E-state index in [0.717, 1.165) is 61.0 Å². The van der Waals surface area contributed by atoms with Gasteiger partial charge in [-0.25, -0.2) is 9.97 Å². The minimum atomic E-state index is 0.712. The molecule has 39 heavy (non-hydrogen) atoms. The summed E-state index contributed by atoms with van der Waals surface area (Å²) in [5, 5.41) is 3.31. The number of aromatic nitrogens is 3. The molecule has 0 N–H and O–H groups in total. The zero-order valence-corrected chi connectivity index (χ0v) is 21.3. The second-order valence-corrected chi connectivity index (χ2v) is 9.94. The van der Waals surface area contributed by atoms with E-state index in [1.54, 1.807) is 0 Å². The molecule has 5 aromatic carbocycles. The van der Waals surface area contributed by atoms with Crippen LogP contribution in [0, 0.1) is 6.92 Å². The molecule has 4 heteroatoms. The maximum atomic E-state index is 6.67. The van der Waals surface area contributed by atoms with Gasteiger partial charge in [-0.2, -0.15) is 0 Å². The molecular formula is C35H23N3O. The van der Waals surface area contributed by atoms with Crippen LogP contribution in [-0.2, 0) is 0 Å². The Labute approximate surface area is 224 Å². The van der Waals surface area contributed by atoms with Gasteiger partial charge in [0.25, 0.3) is 0 Å². The monoisotopic (exact) mass is 501 g/mol. The quantitative estimate of drug-likeness (QED) is 0.242. The van der Waals surface area contributed by atoms with Gasteiger partial charge < -0.3 is 4.42 Å². The van der Waals surface area contributed by atoms with Crippen LogP contribution in [0.3, 0.4) is 0 Å². The summed E-state index contributed by atoms with van der Waals surface area (Å²) in [5.74, 6) is 0.811. The first kappa shape index (κ1) is 21.8. The normalized spacial score (nSPS) is 11.7. The second kappa shape index (κ2) is 8.40. The van der Waals surface area contributed by atoms with Crippen LogP contribution in [0.4, 0.5) is 0 Å². The van der Waals surface area contributed by atoms with E-state index in [4.69, 9.17) is 14.4 Å². The molecule has 0 spiro atoms. The molecule has 0 radical (unpaired) electrons. The van der Waals surface area contributed by atoms with E-state index in [1.165, 1.54) is 11.1 Å². The Morgan fingerprint density at radius 1 is 0.667 bits per heavy atom. The number of hydrogen-bond acceptors (Lipinski definition) is 3. The summed E-state index contributed by atoms with van der Waals surface area (Å²) in [6.45, 7) is 2.14. The molecule has 0 bridgehead atoms. The van der Waals surface area contributed by atoms with Gasteiger partial charge in [-0.15, -0.1) is 0 Å². The molecule has 0 unspecified atom stereocenters. The second-order valence-electron chi connectivity index (χ2n) is 9.94. The van der Waals surface area contributed by atoms with Crippen LogP contribution in [0.15, 0.2) is 126 Å². The van der Waals surface area contributed by atoms with Gasteiger partial charge in [-0.3, -0.25) is 4.57 Å². The van der Waals surface area contributed by atoms with Crippen LogP contribution < -0.4 is 0 Å². The van der Waals surface area contributed by atoms with Crippen LogP contribution in [0.25, 0.3) is 72.2 Å². The summed E-state index contributed by atoms with van der Waals surface area (Å²) in [6.07, 6.45) is 0. The number of benzene rings is 5. The molecule has 0 aliphatic rings. The number of para-hydroxylation sites is 2. The summed E-state index contributed by atoms with van der Waals surface area (Å²) in [4.78, 5) is 10.0. The first-order valence-corrected chi connectivity index (χ1v) is 13.1. The molecule has 3 aromatic heterocycles. The van der Waals surface area contributed by atoms with Gasteiger partial charge in [0.2, 0.25) is 0 Å². The van der Waals surface area contributed by atoms with Gasteiger partial charge in [0.1, 0.15) is 11.2 Å². The first-order chi connectivity index (χ1) is 19.2. The average molecular weight is 502 g/mol. The lowest BCUT2D eigenvalue weighted by Gasteiger charge is -2.10. The highest BCUT2D eigenvalue weighted by Crippen LogP contribution is 2.40. The lowest BCUT2D eigenvalue weighted by atomic mass is 10.0. The molecule has 8 rings (SSSR count). The lowest BCUT2D eigenvalue weighted by molar-refractivity contribution is 0.669. The number of hydrogen-bond donors (Lipinski definition) is 0. The van der Waals surface area contributed by atoms with E-state index in [2.05, 4.69) is 102 Å². The van der Waals surface area contributed by atoms with Crippen molar-refractivity contribution in [3.05, 3.63) is 127 Å². The highest BCUT2D eigenvalue weighted by Gasteiger charge is 2.22. The zero-order valence-electron chi connectivity index (χ0n) is 21.3. The minimum Gasteiger partial charge on any atom is -0.455 e. The van der Waals surface area contributed by atoms with E-state index < -0.39 is 0 Å². The Hall–Kier alpha value is -5.22. The molecule has 4 nitrogen and oxygen atoms in total. The van der Waals surface area contributed by atoms with Crippen molar-refractivity contribution in [1.29, 1.82) is 0 Å². The van der Waals surface area contributed by atoms with E-state index >= 15 is 0 Å². The Kier molecular flexibility index (Phi) is 4.70. The maximum Gasteiger partial charge on any atom is 0.179 e. The van der Waals surface area contributed by atoms with Crippen LogP contribution in [0.1, 0.15) is 5.56 Å². The highest BCUT2D eigenvalue weighted by atomic mass is 16.3. The predicted molar refractivity (Wildman–Crippen MR) is 159 cm³/mol. The van der Waals surface area contributed by atoms with Gasteiger partial charge in [-0.1, -0.05) is 78.9 Å². The highest BCUT2D eigenvalue weighted by molar-refractivity contribution is 6.12. The topological polar surface area (TPSA) is 43.9 Å². The summed E-state index contributed by atoms with van der Waals surface area (Å²) in [6, 6.07) is 41.9. The van der Waals surface area contributed by atoms with Crippen molar-refractivity contribution in [3.63, 3.8) is 0 Å². The summed E-state index contributed by atoms with van der Waals surface area (Å²) >= 11 is 0. The minimum absolute atomic E-state index is 0.712. The fourth-order valence-corrected chi connectivity index (χ4v) is 5.66. The molecule has 0 saturated heterocycles. The molecule has 0 aliphatic carbocycles. The smallest absolute Gasteiger partial charge is 0.179 e. The van der Waals surface area contributed by atoms with Crippen LogP contribution >= 0.6 is 0 Å². The molecule has 0 atom stereocenters. The van der Waals surface area contributed by atoms with Crippen molar-refractivity contribution in [2.75, 3.05) is 0 Å². The van der Waals surface area contributed by atoms with Gasteiger partial charge in [-0.05, 0) is 66.1 Å². The van der Waals surface area contributed by atoms with E-state index in [-0.39, 0.29) is 0 Å². The van der Waals surface area contributed by atoms with E-state index in [1.807, 2.05) is 30.3 Å². The number of fused-ring (bicyclic) bond motifs is 5. The van der Waals surface area contributed by atoms with Crippen molar-refractivity contribution in [2.45, 2.75) is 6.92 Å². The third kappa shape index (κ3) is 3.39. The maximum absolute atomic E-state index is 6.67. The molecule has 0 saturated carbocycles. The van der Waals surface area contributed by atoms with Crippen molar-refractivity contribution >= 4 is 44.0 Å². The zero-order chi connectivity index (χ0) is 25.9. The molecule has 0 aliphatic heterocycles. The Morgan fingerprint density at radius 2 is 1.44 bits per heavy atom. The van der Waals surface area contributed by atoms with Gasteiger partial charge in [0.15, 0.2) is 11.5 Å². The van der Waals surface area contributed by atoms with Crippen LogP contribution in [-0.4, -0.2) is 14.5 Å². The fraction of sp³-hybridized carbons (Fsp3) is 0.0286. The van der Waals surface area contributed by atoms with Crippen LogP contribution in [0.5, 0.6) is 0 Å². The standard InChI is InChI=1S/C35H23N3O/c1-22-16-18-28(33-32(22)27-19-17-24(21-31(27)39-33)23-10-4-2-5-11-23)35-37-34-30(38(35)26-13-6-3-7-14-26)20-25-12-8-9-15-29(25)36-34/h2-21H,1H3. The number of furan rings is 1. The molecular weight excluding hydrogens is 478 g/mol. The molecule has 8 aromatic rings. The molecule has 0 fully saturated rings. The average Bonchev–Trinajstić information content (AvgIpc) is 3.55. The van der Waals surface area contributed by atoms with Crippen molar-refractivity contribution in [2.24, 2.45) is 0 Å². The van der Waals surface area contributed by atoms with Crippen molar-refractivity contribution in [1.82, 2.24) is 14.5 Å². The van der Waals surface area contributed by atoms with Gasteiger partial charge >= 0.3 is 0 Å². The van der Waals surface area contributed by atoms with Gasteiger partial charge in [0, 0.05) is 21.8 Å². The Balaban J connectivity index is 1.44. The third-order valence-corrected chi connectivity index (χ3v) is 7.54. The van der Waals surface area contributed by atoms with Gasteiger partial charge in [0.05, 0.1) is 16.6 Å². The Morgan fingerprint density at radius 3 is 2.28 bits per heavy atom. The SMILES string of the molecule is Cc1ccc(-c2nc3nc4ccccc4cc3n2-c2ccccc2)c2oc3cc(-c4ccccc4)ccc3c12. The summed E-state index contributed by atoms with van der Waals surface area (Å²) in [5.41, 5.74) is 9.76. The first-order valence-electron chi connectivity index (χ1n) is 13.1. The lowest BCUT2D eigenvalue weighted by Crippen LogP contribution is -1.98. The van der Waals surface area contributed by atoms with Crippen molar-refractivity contribution in [3.8, 4) is 28.2 Å². The summed E-state index contributed by atoms with van der Waals surface area (Å²) < 4.78 is 8.87. The number of imidazole rings is 1. The fourth-order valence-electron chi connectivity index (χ4n) is 5.66. The largest absolute Gasteiger partial charge is 0.455 e.